The highest BCUT2D eigenvalue weighted by molar-refractivity contribution is 6.22. The molecular weight excluding hydrogens is 300 g/mol. The standard InChI is InChI=1S/C16H18N2O5/c1-3-8-18-13(20)10-6-4-5-7-11(10)16(14(18)21,9-12(17)19)15(22)23-2/h4-7H,3,8-9H2,1-2H3,(H2,17,19). The molecule has 3 amide bonds. The van der Waals surface area contributed by atoms with Gasteiger partial charge in [-0.15, -0.1) is 0 Å². The van der Waals surface area contributed by atoms with Gasteiger partial charge in [0.05, 0.1) is 13.5 Å². The van der Waals surface area contributed by atoms with Crippen LogP contribution in [0.25, 0.3) is 0 Å². The number of fused-ring (bicyclic) bond motifs is 1. The molecule has 0 spiro atoms. The van der Waals surface area contributed by atoms with E-state index in [-0.39, 0.29) is 17.7 Å². The van der Waals surface area contributed by atoms with Gasteiger partial charge in [0.2, 0.25) is 5.91 Å². The monoisotopic (exact) mass is 318 g/mol. The van der Waals surface area contributed by atoms with Gasteiger partial charge in [-0.25, -0.2) is 0 Å². The first kappa shape index (κ1) is 16.7. The molecular formula is C16H18N2O5. The van der Waals surface area contributed by atoms with Gasteiger partial charge in [-0.3, -0.25) is 24.1 Å². The molecule has 0 aromatic heterocycles. The van der Waals surface area contributed by atoms with Crippen LogP contribution in [-0.2, 0) is 24.5 Å². The highest BCUT2D eigenvalue weighted by Crippen LogP contribution is 2.38. The minimum atomic E-state index is -1.92. The van der Waals surface area contributed by atoms with Crippen LogP contribution in [-0.4, -0.2) is 42.2 Å². The highest BCUT2D eigenvalue weighted by atomic mass is 16.5. The highest BCUT2D eigenvalue weighted by Gasteiger charge is 2.57. The molecule has 1 aliphatic rings. The van der Waals surface area contributed by atoms with Gasteiger partial charge in [0.1, 0.15) is 0 Å². The van der Waals surface area contributed by atoms with Crippen LogP contribution in [0.2, 0.25) is 0 Å². The molecule has 0 aliphatic carbocycles. The summed E-state index contributed by atoms with van der Waals surface area (Å²) in [7, 11) is 1.13. The van der Waals surface area contributed by atoms with Crippen LogP contribution in [0.3, 0.4) is 0 Å². The summed E-state index contributed by atoms with van der Waals surface area (Å²) in [6, 6.07) is 6.22. The Labute approximate surface area is 133 Å². The van der Waals surface area contributed by atoms with Crippen molar-refractivity contribution in [2.75, 3.05) is 13.7 Å². The van der Waals surface area contributed by atoms with Crippen LogP contribution in [0, 0.1) is 0 Å². The Balaban J connectivity index is 2.77. The number of nitrogens with two attached hydrogens (primary N) is 1. The van der Waals surface area contributed by atoms with Gasteiger partial charge in [-0.1, -0.05) is 25.1 Å². The molecule has 2 N–H and O–H groups in total. The summed E-state index contributed by atoms with van der Waals surface area (Å²) in [5, 5.41) is 0. The lowest BCUT2D eigenvalue weighted by molar-refractivity contribution is -0.158. The number of carbonyl (C=O) groups excluding carboxylic acids is 4. The molecule has 1 atom stereocenters. The van der Waals surface area contributed by atoms with E-state index < -0.39 is 35.5 Å². The maximum absolute atomic E-state index is 12.9. The number of carbonyl (C=O) groups is 4. The molecule has 23 heavy (non-hydrogen) atoms. The molecule has 0 radical (unpaired) electrons. The van der Waals surface area contributed by atoms with Gasteiger partial charge in [-0.05, 0) is 18.1 Å². The van der Waals surface area contributed by atoms with E-state index in [0.717, 1.165) is 12.0 Å². The first-order valence-electron chi connectivity index (χ1n) is 7.22. The van der Waals surface area contributed by atoms with Gasteiger partial charge in [0, 0.05) is 12.1 Å². The van der Waals surface area contributed by atoms with Crippen LogP contribution in [0.4, 0.5) is 0 Å². The lowest BCUT2D eigenvalue weighted by Gasteiger charge is -2.39. The number of imide groups is 1. The van der Waals surface area contributed by atoms with Gasteiger partial charge < -0.3 is 10.5 Å². The molecule has 7 heteroatoms. The fraction of sp³-hybridized carbons (Fsp3) is 0.375. The zero-order valence-corrected chi connectivity index (χ0v) is 13.0. The summed E-state index contributed by atoms with van der Waals surface area (Å²) in [4.78, 5) is 50.5. The number of nitrogens with zero attached hydrogens (tertiary/aromatic N) is 1. The smallest absolute Gasteiger partial charge is 0.326 e. The molecule has 2 rings (SSSR count). The van der Waals surface area contributed by atoms with Gasteiger partial charge in [0.25, 0.3) is 11.8 Å². The second-order valence-electron chi connectivity index (χ2n) is 5.35. The fourth-order valence-electron chi connectivity index (χ4n) is 2.93. The van der Waals surface area contributed by atoms with Gasteiger partial charge in [-0.2, -0.15) is 0 Å². The third-order valence-corrected chi connectivity index (χ3v) is 3.89. The molecule has 0 bridgehead atoms. The Hall–Kier alpha value is -2.70. The summed E-state index contributed by atoms with van der Waals surface area (Å²) >= 11 is 0. The Kier molecular flexibility index (Phi) is 4.49. The number of esters is 1. The van der Waals surface area contributed by atoms with Crippen molar-refractivity contribution in [3.05, 3.63) is 35.4 Å². The number of methoxy groups -OCH3 is 1. The molecule has 0 saturated heterocycles. The fourth-order valence-corrected chi connectivity index (χ4v) is 2.93. The summed E-state index contributed by atoms with van der Waals surface area (Å²) in [6.45, 7) is 1.94. The maximum Gasteiger partial charge on any atom is 0.326 e. The van der Waals surface area contributed by atoms with Crippen LogP contribution in [0.1, 0.15) is 35.7 Å². The Morgan fingerprint density at radius 1 is 1.26 bits per heavy atom. The SMILES string of the molecule is CCCN1C(=O)c2ccccc2C(CC(N)=O)(C(=O)OC)C1=O. The second-order valence-corrected chi connectivity index (χ2v) is 5.35. The first-order chi connectivity index (χ1) is 10.9. The zero-order valence-electron chi connectivity index (χ0n) is 13.0. The van der Waals surface area contributed by atoms with Crippen molar-refractivity contribution < 1.29 is 23.9 Å². The van der Waals surface area contributed by atoms with E-state index in [9.17, 15) is 19.2 Å². The average molecular weight is 318 g/mol. The summed E-state index contributed by atoms with van der Waals surface area (Å²) < 4.78 is 4.78. The van der Waals surface area contributed by atoms with Crippen molar-refractivity contribution in [3.8, 4) is 0 Å². The lowest BCUT2D eigenvalue weighted by Crippen LogP contribution is -2.59. The number of ether oxygens (including phenoxy) is 1. The van der Waals surface area contributed by atoms with E-state index in [1.807, 2.05) is 0 Å². The number of hydrogen-bond donors (Lipinski definition) is 1. The Bertz CT molecular complexity index is 685. The predicted octanol–water partition coefficient (Wildman–Crippen LogP) is 0.365. The van der Waals surface area contributed by atoms with Crippen LogP contribution >= 0.6 is 0 Å². The maximum atomic E-state index is 12.9. The predicted molar refractivity (Wildman–Crippen MR) is 80.3 cm³/mol. The Morgan fingerprint density at radius 3 is 2.48 bits per heavy atom. The number of amides is 3. The third kappa shape index (κ3) is 2.48. The molecule has 1 heterocycles. The van der Waals surface area contributed by atoms with Crippen molar-refractivity contribution in [1.82, 2.24) is 4.90 Å². The second kappa shape index (κ2) is 6.20. The molecule has 1 aromatic carbocycles. The van der Waals surface area contributed by atoms with Crippen LogP contribution in [0.15, 0.2) is 24.3 Å². The van der Waals surface area contributed by atoms with E-state index in [4.69, 9.17) is 10.5 Å². The van der Waals surface area contributed by atoms with Crippen LogP contribution in [0.5, 0.6) is 0 Å². The average Bonchev–Trinajstić information content (AvgIpc) is 2.54. The normalized spacial score (nSPS) is 20.2. The largest absolute Gasteiger partial charge is 0.468 e. The lowest BCUT2D eigenvalue weighted by atomic mass is 9.71. The van der Waals surface area contributed by atoms with Crippen molar-refractivity contribution >= 4 is 23.7 Å². The molecule has 1 aliphatic heterocycles. The van der Waals surface area contributed by atoms with E-state index in [0.29, 0.717) is 6.42 Å². The van der Waals surface area contributed by atoms with Crippen molar-refractivity contribution in [3.63, 3.8) is 0 Å². The molecule has 7 nitrogen and oxygen atoms in total. The quantitative estimate of drug-likeness (QED) is 0.479. The molecule has 1 unspecified atom stereocenters. The topological polar surface area (TPSA) is 107 Å². The first-order valence-corrected chi connectivity index (χ1v) is 7.22. The molecule has 1 aromatic rings. The van der Waals surface area contributed by atoms with Crippen molar-refractivity contribution in [1.29, 1.82) is 0 Å². The van der Waals surface area contributed by atoms with E-state index in [1.54, 1.807) is 19.1 Å². The zero-order chi connectivity index (χ0) is 17.2. The molecule has 0 saturated carbocycles. The third-order valence-electron chi connectivity index (χ3n) is 3.89. The number of benzene rings is 1. The van der Waals surface area contributed by atoms with E-state index >= 15 is 0 Å². The van der Waals surface area contributed by atoms with E-state index in [2.05, 4.69) is 0 Å². The van der Waals surface area contributed by atoms with Gasteiger partial charge >= 0.3 is 5.97 Å². The van der Waals surface area contributed by atoms with Crippen molar-refractivity contribution in [2.24, 2.45) is 5.73 Å². The summed E-state index contributed by atoms with van der Waals surface area (Å²) in [6.07, 6.45) is -0.0313. The Morgan fingerprint density at radius 2 is 1.91 bits per heavy atom. The molecule has 122 valence electrons. The molecule has 0 fully saturated rings. The van der Waals surface area contributed by atoms with E-state index in [1.165, 1.54) is 12.1 Å². The minimum Gasteiger partial charge on any atom is -0.468 e. The van der Waals surface area contributed by atoms with Crippen molar-refractivity contribution in [2.45, 2.75) is 25.2 Å². The summed E-state index contributed by atoms with van der Waals surface area (Å²) in [5.74, 6) is -2.99. The summed E-state index contributed by atoms with van der Waals surface area (Å²) in [5.41, 5.74) is 3.72. The number of rotatable bonds is 5. The minimum absolute atomic E-state index is 0.142. The van der Waals surface area contributed by atoms with Crippen LogP contribution < -0.4 is 5.73 Å². The van der Waals surface area contributed by atoms with Gasteiger partial charge in [0.15, 0.2) is 5.41 Å². The number of primary amides is 1. The number of hydrogen-bond acceptors (Lipinski definition) is 5.